The first-order chi connectivity index (χ1) is 12.4. The number of rotatable bonds is 4. The molecule has 0 spiro atoms. The van der Waals surface area contributed by atoms with Gasteiger partial charge in [-0.25, -0.2) is 4.79 Å². The number of nitrogens with zero attached hydrogens (tertiary/aromatic N) is 1. The molecular formula is C17H22F3N3O3. The van der Waals surface area contributed by atoms with Crippen molar-refractivity contribution in [1.29, 1.82) is 0 Å². The fraction of sp³-hybridized carbons (Fsp3) is 0.588. The highest BCUT2D eigenvalue weighted by Gasteiger charge is 2.32. The van der Waals surface area contributed by atoms with Crippen molar-refractivity contribution >= 4 is 17.4 Å². The van der Waals surface area contributed by atoms with E-state index in [1.165, 1.54) is 6.07 Å². The Bertz CT molecular complexity index is 627. The van der Waals surface area contributed by atoms with Crippen LogP contribution in [-0.4, -0.2) is 51.6 Å². The van der Waals surface area contributed by atoms with E-state index in [4.69, 9.17) is 9.47 Å². The van der Waals surface area contributed by atoms with Crippen LogP contribution in [0.2, 0.25) is 0 Å². The fourth-order valence-corrected chi connectivity index (χ4v) is 3.07. The van der Waals surface area contributed by atoms with E-state index in [-0.39, 0.29) is 11.8 Å². The Hall–Kier alpha value is -2.00. The molecule has 1 aromatic carbocycles. The van der Waals surface area contributed by atoms with Crippen LogP contribution in [0.4, 0.5) is 29.3 Å². The summed E-state index contributed by atoms with van der Waals surface area (Å²) in [7, 11) is 0. The van der Waals surface area contributed by atoms with Crippen LogP contribution in [-0.2, 0) is 15.7 Å². The molecule has 2 saturated heterocycles. The van der Waals surface area contributed by atoms with Gasteiger partial charge in [0, 0.05) is 26.2 Å². The van der Waals surface area contributed by atoms with Crippen LogP contribution >= 0.6 is 0 Å². The first-order valence-corrected chi connectivity index (χ1v) is 8.64. The van der Waals surface area contributed by atoms with Gasteiger partial charge in [-0.2, -0.15) is 13.2 Å². The van der Waals surface area contributed by atoms with Crippen molar-refractivity contribution in [2.24, 2.45) is 0 Å². The number of hydrogen-bond acceptors (Lipinski definition) is 4. The third kappa shape index (κ3) is 4.79. The predicted molar refractivity (Wildman–Crippen MR) is 90.5 cm³/mol. The van der Waals surface area contributed by atoms with Crippen LogP contribution in [0.5, 0.6) is 0 Å². The molecule has 2 fully saturated rings. The number of benzene rings is 1. The molecule has 144 valence electrons. The summed E-state index contributed by atoms with van der Waals surface area (Å²) in [4.78, 5) is 14.1. The van der Waals surface area contributed by atoms with Gasteiger partial charge in [-0.15, -0.1) is 0 Å². The molecule has 3 rings (SSSR count). The summed E-state index contributed by atoms with van der Waals surface area (Å²) in [5.41, 5.74) is -0.121. The van der Waals surface area contributed by atoms with E-state index >= 15 is 0 Å². The zero-order valence-corrected chi connectivity index (χ0v) is 14.3. The van der Waals surface area contributed by atoms with Gasteiger partial charge in [-0.1, -0.05) is 0 Å². The van der Waals surface area contributed by atoms with Gasteiger partial charge in [0.05, 0.1) is 36.3 Å². The van der Waals surface area contributed by atoms with E-state index in [1.54, 1.807) is 0 Å². The number of amides is 2. The van der Waals surface area contributed by atoms with E-state index in [0.29, 0.717) is 45.1 Å². The lowest BCUT2D eigenvalue weighted by Gasteiger charge is -2.31. The maximum Gasteiger partial charge on any atom is 0.416 e. The van der Waals surface area contributed by atoms with Gasteiger partial charge in [0.1, 0.15) is 0 Å². The predicted octanol–water partition coefficient (Wildman–Crippen LogP) is 2.84. The summed E-state index contributed by atoms with van der Waals surface area (Å²) >= 11 is 0. The molecule has 2 heterocycles. The largest absolute Gasteiger partial charge is 0.416 e. The van der Waals surface area contributed by atoms with Gasteiger partial charge in [-0.05, 0) is 31.0 Å². The summed E-state index contributed by atoms with van der Waals surface area (Å²) in [6, 6.07) is 2.84. The van der Waals surface area contributed by atoms with Gasteiger partial charge in [0.15, 0.2) is 0 Å². The number of carbonyl (C=O) groups excluding carboxylic acids is 1. The van der Waals surface area contributed by atoms with Crippen LogP contribution in [0.1, 0.15) is 18.4 Å². The third-order valence-corrected chi connectivity index (χ3v) is 4.44. The van der Waals surface area contributed by atoms with E-state index in [9.17, 15) is 18.0 Å². The van der Waals surface area contributed by atoms with Crippen molar-refractivity contribution in [3.63, 3.8) is 0 Å². The lowest BCUT2D eigenvalue weighted by molar-refractivity contribution is -0.137. The highest BCUT2D eigenvalue weighted by Crippen LogP contribution is 2.35. The Labute approximate surface area is 149 Å². The Balaban J connectivity index is 1.73. The molecule has 1 aromatic rings. The number of anilines is 2. The number of carbonyl (C=O) groups is 1. The zero-order chi connectivity index (χ0) is 18.6. The number of nitrogens with one attached hydrogen (secondary N) is 2. The van der Waals surface area contributed by atoms with Crippen LogP contribution in [0.25, 0.3) is 0 Å². The molecule has 0 bridgehead atoms. The second-order valence-electron chi connectivity index (χ2n) is 6.30. The molecule has 0 radical (unpaired) electrons. The summed E-state index contributed by atoms with van der Waals surface area (Å²) < 4.78 is 49.9. The number of halogens is 3. The monoisotopic (exact) mass is 373 g/mol. The standard InChI is InChI=1S/C17H22F3N3O3/c18-17(19,20)12-3-4-15(23-5-8-25-9-6-23)14(10-12)22-16(24)21-11-13-2-1-7-26-13/h3-4,10,13H,1-2,5-9,11H2,(H2,21,22,24)/t13-/m0/s1. The molecule has 26 heavy (non-hydrogen) atoms. The lowest BCUT2D eigenvalue weighted by Crippen LogP contribution is -2.38. The number of morpholine rings is 1. The molecule has 0 saturated carbocycles. The Morgan fingerprint density at radius 3 is 2.65 bits per heavy atom. The minimum atomic E-state index is -4.48. The van der Waals surface area contributed by atoms with E-state index in [0.717, 1.165) is 25.0 Å². The minimum Gasteiger partial charge on any atom is -0.378 e. The topological polar surface area (TPSA) is 62.8 Å². The zero-order valence-electron chi connectivity index (χ0n) is 14.3. The molecule has 2 aliphatic rings. The first-order valence-electron chi connectivity index (χ1n) is 8.64. The molecular weight excluding hydrogens is 351 g/mol. The van der Waals surface area contributed by atoms with Crippen molar-refractivity contribution < 1.29 is 27.4 Å². The second-order valence-corrected chi connectivity index (χ2v) is 6.30. The van der Waals surface area contributed by atoms with Gasteiger partial charge >= 0.3 is 12.2 Å². The Morgan fingerprint density at radius 1 is 1.23 bits per heavy atom. The summed E-state index contributed by atoms with van der Waals surface area (Å²) in [6.07, 6.45) is -2.71. The summed E-state index contributed by atoms with van der Waals surface area (Å²) in [5.74, 6) is 0. The highest BCUT2D eigenvalue weighted by atomic mass is 19.4. The maximum atomic E-state index is 13.1. The average molecular weight is 373 g/mol. The van der Waals surface area contributed by atoms with Crippen LogP contribution in [0, 0.1) is 0 Å². The third-order valence-electron chi connectivity index (χ3n) is 4.44. The lowest BCUT2D eigenvalue weighted by atomic mass is 10.1. The second kappa shape index (κ2) is 8.13. The molecule has 1 atom stereocenters. The van der Waals surface area contributed by atoms with E-state index in [2.05, 4.69) is 10.6 Å². The van der Waals surface area contributed by atoms with Gasteiger partial charge in [0.25, 0.3) is 0 Å². The van der Waals surface area contributed by atoms with Crippen molar-refractivity contribution in [2.75, 3.05) is 49.7 Å². The van der Waals surface area contributed by atoms with Crippen molar-refractivity contribution in [3.05, 3.63) is 23.8 Å². The average Bonchev–Trinajstić information content (AvgIpc) is 3.13. The molecule has 0 unspecified atom stereocenters. The molecule has 0 aliphatic carbocycles. The van der Waals surface area contributed by atoms with Gasteiger partial charge < -0.3 is 25.0 Å². The normalized spacial score (nSPS) is 20.9. The number of ether oxygens (including phenoxy) is 2. The summed E-state index contributed by atoms with van der Waals surface area (Å²) in [6.45, 7) is 3.09. The summed E-state index contributed by atoms with van der Waals surface area (Å²) in [5, 5.41) is 5.22. The highest BCUT2D eigenvalue weighted by molar-refractivity contribution is 5.93. The first kappa shape index (κ1) is 18.8. The SMILES string of the molecule is O=C(NC[C@@H]1CCCO1)Nc1cc(C(F)(F)F)ccc1N1CCOCC1. The minimum absolute atomic E-state index is 0.0408. The van der Waals surface area contributed by atoms with Gasteiger partial charge in [0.2, 0.25) is 0 Å². The number of alkyl halides is 3. The quantitative estimate of drug-likeness (QED) is 0.852. The Morgan fingerprint density at radius 2 is 2.00 bits per heavy atom. The van der Waals surface area contributed by atoms with Crippen molar-refractivity contribution in [3.8, 4) is 0 Å². The van der Waals surface area contributed by atoms with E-state index in [1.807, 2.05) is 4.90 Å². The Kier molecular flexibility index (Phi) is 5.87. The molecule has 0 aromatic heterocycles. The number of hydrogen-bond donors (Lipinski definition) is 2. The fourth-order valence-electron chi connectivity index (χ4n) is 3.07. The van der Waals surface area contributed by atoms with Crippen LogP contribution in [0.3, 0.4) is 0 Å². The van der Waals surface area contributed by atoms with Crippen LogP contribution in [0.15, 0.2) is 18.2 Å². The molecule has 9 heteroatoms. The maximum absolute atomic E-state index is 13.1. The van der Waals surface area contributed by atoms with Crippen LogP contribution < -0.4 is 15.5 Å². The molecule has 2 N–H and O–H groups in total. The molecule has 2 amide bonds. The van der Waals surface area contributed by atoms with E-state index < -0.39 is 17.8 Å². The number of urea groups is 1. The van der Waals surface area contributed by atoms with Gasteiger partial charge in [-0.3, -0.25) is 0 Å². The molecule has 2 aliphatic heterocycles. The van der Waals surface area contributed by atoms with Crippen molar-refractivity contribution in [2.45, 2.75) is 25.1 Å². The van der Waals surface area contributed by atoms with Crippen molar-refractivity contribution in [1.82, 2.24) is 5.32 Å². The molecule has 6 nitrogen and oxygen atoms in total. The smallest absolute Gasteiger partial charge is 0.378 e.